The molecule has 36 heavy (non-hydrogen) atoms. The molecule has 2 atom stereocenters. The highest BCUT2D eigenvalue weighted by molar-refractivity contribution is 7.91. The van der Waals surface area contributed by atoms with Crippen molar-refractivity contribution in [2.24, 2.45) is 0 Å². The zero-order valence-electron chi connectivity index (χ0n) is 20.0. The lowest BCUT2D eigenvalue weighted by Gasteiger charge is -2.20. The Morgan fingerprint density at radius 1 is 1.00 bits per heavy atom. The second-order valence-corrected chi connectivity index (χ2v) is 10.7. The Morgan fingerprint density at radius 3 is 2.44 bits per heavy atom. The summed E-state index contributed by atoms with van der Waals surface area (Å²) in [6, 6.07) is 5.19. The molecule has 13 heteroatoms. The topological polar surface area (TPSA) is 135 Å². The number of sulfone groups is 1. The van der Waals surface area contributed by atoms with Crippen LogP contribution in [0.1, 0.15) is 31.3 Å². The summed E-state index contributed by atoms with van der Waals surface area (Å²) in [5, 5.41) is 7.98. The molecular formula is C23H24ClN7O4S. The fourth-order valence-electron chi connectivity index (χ4n) is 3.69. The van der Waals surface area contributed by atoms with E-state index in [9.17, 15) is 8.42 Å². The molecule has 4 rings (SSSR count). The summed E-state index contributed by atoms with van der Waals surface area (Å²) in [6.07, 6.45) is 7.64. The minimum absolute atomic E-state index is 0.166. The van der Waals surface area contributed by atoms with Crippen molar-refractivity contribution in [3.05, 3.63) is 65.9 Å². The third kappa shape index (κ3) is 5.00. The van der Waals surface area contributed by atoms with Crippen LogP contribution in [-0.2, 0) is 15.6 Å². The van der Waals surface area contributed by atoms with Gasteiger partial charge in [-0.05, 0) is 19.1 Å². The number of halogens is 1. The van der Waals surface area contributed by atoms with Gasteiger partial charge in [0.25, 0.3) is 0 Å². The van der Waals surface area contributed by atoms with E-state index in [0.29, 0.717) is 28.5 Å². The molecule has 0 aliphatic carbocycles. The van der Waals surface area contributed by atoms with Crippen LogP contribution in [0.15, 0.2) is 49.2 Å². The summed E-state index contributed by atoms with van der Waals surface area (Å²) in [6.45, 7) is 3.41. The van der Waals surface area contributed by atoms with E-state index < -0.39 is 26.8 Å². The number of hydrogen-bond donors (Lipinski definition) is 0. The Morgan fingerprint density at radius 2 is 1.81 bits per heavy atom. The van der Waals surface area contributed by atoms with Gasteiger partial charge >= 0.3 is 0 Å². The second-order valence-electron chi connectivity index (χ2n) is 7.95. The van der Waals surface area contributed by atoms with E-state index in [0.717, 1.165) is 0 Å². The first-order chi connectivity index (χ1) is 17.3. The van der Waals surface area contributed by atoms with Crippen LogP contribution in [-0.4, -0.2) is 62.6 Å². The summed E-state index contributed by atoms with van der Waals surface area (Å²) in [5.74, 6) is 0.297. The molecule has 0 amide bonds. The predicted octanol–water partition coefficient (Wildman–Crippen LogP) is 3.29. The third-order valence-corrected chi connectivity index (χ3v) is 8.24. The highest BCUT2D eigenvalue weighted by Gasteiger charge is 2.32. The highest BCUT2D eigenvalue weighted by atomic mass is 35.5. The monoisotopic (exact) mass is 529 g/mol. The van der Waals surface area contributed by atoms with Crippen molar-refractivity contribution in [3.8, 4) is 28.7 Å². The van der Waals surface area contributed by atoms with Gasteiger partial charge in [-0.2, -0.15) is 0 Å². The quantitative estimate of drug-likeness (QED) is 0.317. The first kappa shape index (κ1) is 25.5. The molecular weight excluding hydrogens is 506 g/mol. The predicted molar refractivity (Wildman–Crippen MR) is 133 cm³/mol. The summed E-state index contributed by atoms with van der Waals surface area (Å²) >= 11 is 5.83. The van der Waals surface area contributed by atoms with Gasteiger partial charge in [-0.1, -0.05) is 18.5 Å². The Hall–Kier alpha value is -3.64. The number of nitrogens with zero attached hydrogens (tertiary/aromatic N) is 7. The Bertz CT molecular complexity index is 1430. The van der Waals surface area contributed by atoms with Crippen LogP contribution in [0.4, 0.5) is 0 Å². The largest absolute Gasteiger partial charge is 0.494 e. The molecule has 11 nitrogen and oxygen atoms in total. The van der Waals surface area contributed by atoms with Gasteiger partial charge < -0.3 is 9.47 Å². The molecule has 4 heterocycles. The van der Waals surface area contributed by atoms with E-state index in [1.807, 2.05) is 0 Å². The maximum Gasteiger partial charge on any atom is 0.242 e. The van der Waals surface area contributed by atoms with Crippen molar-refractivity contribution in [2.45, 2.75) is 30.8 Å². The number of rotatable bonds is 9. The van der Waals surface area contributed by atoms with Gasteiger partial charge in [-0.25, -0.2) is 18.4 Å². The van der Waals surface area contributed by atoms with Gasteiger partial charge in [-0.15, -0.1) is 10.2 Å². The summed E-state index contributed by atoms with van der Waals surface area (Å²) in [4.78, 5) is 16.7. The molecule has 0 saturated heterocycles. The number of hydrogen-bond acceptors (Lipinski definition) is 10. The lowest BCUT2D eigenvalue weighted by molar-refractivity contribution is 0.379. The van der Waals surface area contributed by atoms with Gasteiger partial charge in [0, 0.05) is 36.1 Å². The molecule has 0 unspecified atom stereocenters. The zero-order valence-corrected chi connectivity index (χ0v) is 21.6. The number of pyridine rings is 2. The minimum Gasteiger partial charge on any atom is -0.494 e. The first-order valence-corrected chi connectivity index (χ1v) is 13.0. The van der Waals surface area contributed by atoms with Gasteiger partial charge in [0.2, 0.25) is 5.88 Å². The summed E-state index contributed by atoms with van der Waals surface area (Å²) < 4.78 is 39.8. The molecule has 0 radical (unpaired) electrons. The van der Waals surface area contributed by atoms with Crippen LogP contribution in [0, 0.1) is 0 Å². The number of ether oxygens (including phenoxy) is 2. The van der Waals surface area contributed by atoms with Crippen molar-refractivity contribution in [1.29, 1.82) is 0 Å². The lowest BCUT2D eigenvalue weighted by Crippen LogP contribution is -2.27. The molecule has 0 aliphatic heterocycles. The van der Waals surface area contributed by atoms with E-state index in [1.165, 1.54) is 32.8 Å². The Balaban J connectivity index is 1.81. The van der Waals surface area contributed by atoms with Crippen molar-refractivity contribution in [1.82, 2.24) is 34.7 Å². The molecule has 188 valence electrons. The van der Waals surface area contributed by atoms with Crippen LogP contribution in [0.25, 0.3) is 17.1 Å². The molecule has 4 aromatic heterocycles. The van der Waals surface area contributed by atoms with Crippen LogP contribution >= 0.6 is 11.6 Å². The Labute approximate surface area is 213 Å². The molecule has 0 aromatic carbocycles. The summed E-state index contributed by atoms with van der Waals surface area (Å²) in [5.41, 5.74) is 1.52. The average molecular weight is 530 g/mol. The van der Waals surface area contributed by atoms with E-state index in [-0.39, 0.29) is 16.9 Å². The Kier molecular flexibility index (Phi) is 7.45. The van der Waals surface area contributed by atoms with Crippen LogP contribution < -0.4 is 9.47 Å². The standard InChI is InChI=1S/C23H24ClN7O4S/c1-14(17-11-28-19(24)12-27-17)15(2)36(32,33)13-20-29-30-22(16-6-5-8-25-10-16)31(20)21-18(34-3)7-9-26-23(21)35-4/h5-12,14-15H,13H2,1-4H3/t14-,15-/m0/s1. The lowest BCUT2D eigenvalue weighted by atomic mass is 10.1. The SMILES string of the molecule is COc1ccnc(OC)c1-n1c(CS(=O)(=O)[C@@H](C)[C@H](C)c2cnc(Cl)cn2)nnc1-c1cccnc1. The average Bonchev–Trinajstić information content (AvgIpc) is 3.30. The number of aromatic nitrogens is 7. The van der Waals surface area contributed by atoms with E-state index in [2.05, 4.69) is 30.1 Å². The zero-order chi connectivity index (χ0) is 25.9. The third-order valence-electron chi connectivity index (χ3n) is 5.85. The van der Waals surface area contributed by atoms with Crippen LogP contribution in [0.3, 0.4) is 0 Å². The van der Waals surface area contributed by atoms with Crippen LogP contribution in [0.2, 0.25) is 5.15 Å². The fourth-order valence-corrected chi connectivity index (χ4v) is 5.35. The molecule has 0 aliphatic rings. The smallest absolute Gasteiger partial charge is 0.242 e. The van der Waals surface area contributed by atoms with Gasteiger partial charge in [0.15, 0.2) is 27.2 Å². The first-order valence-electron chi connectivity index (χ1n) is 10.9. The molecule has 0 N–H and O–H groups in total. The van der Waals surface area contributed by atoms with Gasteiger partial charge in [0.05, 0.1) is 37.6 Å². The van der Waals surface area contributed by atoms with Crippen molar-refractivity contribution < 1.29 is 17.9 Å². The molecule has 0 spiro atoms. The normalized spacial score (nSPS) is 13.2. The van der Waals surface area contributed by atoms with Crippen molar-refractivity contribution in [2.75, 3.05) is 14.2 Å². The molecule has 0 saturated carbocycles. The van der Waals surface area contributed by atoms with Gasteiger partial charge in [-0.3, -0.25) is 14.5 Å². The van der Waals surface area contributed by atoms with E-state index in [1.54, 1.807) is 49.0 Å². The molecule has 4 aromatic rings. The maximum atomic E-state index is 13.6. The minimum atomic E-state index is -3.75. The van der Waals surface area contributed by atoms with Crippen molar-refractivity contribution >= 4 is 21.4 Å². The maximum absolute atomic E-state index is 13.6. The van der Waals surface area contributed by atoms with Gasteiger partial charge in [0.1, 0.15) is 16.7 Å². The number of methoxy groups -OCH3 is 2. The molecule has 0 bridgehead atoms. The van der Waals surface area contributed by atoms with Crippen LogP contribution in [0.5, 0.6) is 11.6 Å². The molecule has 0 fully saturated rings. The highest BCUT2D eigenvalue weighted by Crippen LogP contribution is 2.35. The summed E-state index contributed by atoms with van der Waals surface area (Å²) in [7, 11) is -0.786. The second kappa shape index (κ2) is 10.5. The van der Waals surface area contributed by atoms with E-state index in [4.69, 9.17) is 21.1 Å². The van der Waals surface area contributed by atoms with Crippen molar-refractivity contribution in [3.63, 3.8) is 0 Å². The van der Waals surface area contributed by atoms with E-state index >= 15 is 0 Å². The fraction of sp³-hybridized carbons (Fsp3) is 0.304.